The number of carboxylic acid groups (broad SMARTS) is 1. The Labute approximate surface area is 94.3 Å². The summed E-state index contributed by atoms with van der Waals surface area (Å²) < 4.78 is 0. The zero-order chi connectivity index (χ0) is 12.4. The fraction of sp³-hybridized carbons (Fsp3) is 0.455. The lowest BCUT2D eigenvalue weighted by molar-refractivity contribution is 0.0695. The van der Waals surface area contributed by atoms with Crippen molar-refractivity contribution >= 4 is 5.97 Å². The molecule has 0 unspecified atom stereocenters. The Bertz CT molecular complexity index is 356. The summed E-state index contributed by atoms with van der Waals surface area (Å²) in [7, 11) is 0. The van der Waals surface area contributed by atoms with E-state index in [1.807, 2.05) is 0 Å². The molecule has 4 N–H and O–H groups in total. The summed E-state index contributed by atoms with van der Waals surface area (Å²) >= 11 is 0. The third-order valence-corrected chi connectivity index (χ3v) is 1.86. The lowest BCUT2D eigenvalue weighted by Crippen LogP contribution is -2.15. The van der Waals surface area contributed by atoms with Crippen LogP contribution in [0.4, 0.5) is 0 Å². The van der Waals surface area contributed by atoms with Gasteiger partial charge < -0.3 is 15.8 Å². The van der Waals surface area contributed by atoms with E-state index in [0.717, 1.165) is 6.54 Å². The van der Waals surface area contributed by atoms with Crippen molar-refractivity contribution in [1.82, 2.24) is 4.98 Å². The minimum absolute atomic E-state index is 0.234. The smallest absolute Gasteiger partial charge is 0.341 e. The Morgan fingerprint density at radius 3 is 2.50 bits per heavy atom. The first-order chi connectivity index (χ1) is 7.63. The molecule has 0 radical (unpaired) electrons. The summed E-state index contributed by atoms with van der Waals surface area (Å²) in [5.74, 6) is -1.21. The molecule has 0 aromatic carbocycles. The van der Waals surface area contributed by atoms with E-state index in [2.05, 4.69) is 11.9 Å². The Hall–Kier alpha value is -1.62. The van der Waals surface area contributed by atoms with Crippen molar-refractivity contribution < 1.29 is 9.90 Å². The number of rotatable bonds is 4. The molecule has 0 saturated heterocycles. The molecule has 16 heavy (non-hydrogen) atoms. The van der Waals surface area contributed by atoms with Crippen molar-refractivity contribution in [2.24, 2.45) is 5.73 Å². The maximum atomic E-state index is 10.6. The van der Waals surface area contributed by atoms with Gasteiger partial charge in [0.2, 0.25) is 0 Å². The van der Waals surface area contributed by atoms with Crippen LogP contribution in [0.25, 0.3) is 0 Å². The Morgan fingerprint density at radius 1 is 1.50 bits per heavy atom. The van der Waals surface area contributed by atoms with E-state index >= 15 is 0 Å². The molecule has 0 aliphatic heterocycles. The number of hydrogen-bond acceptors (Lipinski definition) is 3. The summed E-state index contributed by atoms with van der Waals surface area (Å²) in [4.78, 5) is 23.1. The van der Waals surface area contributed by atoms with Gasteiger partial charge in [-0.25, -0.2) is 4.79 Å². The summed E-state index contributed by atoms with van der Waals surface area (Å²) in [6.07, 6.45) is 5.14. The molecule has 0 fully saturated rings. The highest BCUT2D eigenvalue weighted by Gasteiger charge is 2.04. The molecule has 5 nitrogen and oxygen atoms in total. The number of aromatic amines is 1. The highest BCUT2D eigenvalue weighted by molar-refractivity contribution is 5.86. The van der Waals surface area contributed by atoms with Crippen LogP contribution in [0.1, 0.15) is 36.5 Å². The Balaban J connectivity index is 0.000000325. The van der Waals surface area contributed by atoms with Crippen LogP contribution in [0.15, 0.2) is 23.1 Å². The third-order valence-electron chi connectivity index (χ3n) is 1.86. The third kappa shape index (κ3) is 5.98. The van der Waals surface area contributed by atoms with Crippen LogP contribution in [0.2, 0.25) is 0 Å². The predicted molar refractivity (Wildman–Crippen MR) is 62.6 cm³/mol. The predicted octanol–water partition coefficient (Wildman–Crippen LogP) is 1.21. The molecule has 90 valence electrons. The maximum absolute atomic E-state index is 10.6. The van der Waals surface area contributed by atoms with Gasteiger partial charge in [0.1, 0.15) is 5.56 Å². The molecule has 0 atom stereocenters. The number of pyridine rings is 1. The van der Waals surface area contributed by atoms with E-state index in [1.54, 1.807) is 0 Å². The van der Waals surface area contributed by atoms with Crippen molar-refractivity contribution in [3.05, 3.63) is 34.2 Å². The van der Waals surface area contributed by atoms with Crippen LogP contribution in [-0.4, -0.2) is 22.6 Å². The van der Waals surface area contributed by atoms with E-state index in [1.165, 1.54) is 37.6 Å². The van der Waals surface area contributed by atoms with Gasteiger partial charge in [-0.3, -0.25) is 4.79 Å². The topological polar surface area (TPSA) is 96.2 Å². The van der Waals surface area contributed by atoms with Crippen LogP contribution < -0.4 is 11.3 Å². The molecule has 0 amide bonds. The van der Waals surface area contributed by atoms with Crippen LogP contribution in [-0.2, 0) is 0 Å². The second-order valence-electron chi connectivity index (χ2n) is 3.21. The van der Waals surface area contributed by atoms with Gasteiger partial charge in [-0.1, -0.05) is 19.8 Å². The zero-order valence-electron chi connectivity index (χ0n) is 9.40. The minimum atomic E-state index is -1.21. The van der Waals surface area contributed by atoms with E-state index in [-0.39, 0.29) is 5.56 Å². The number of nitrogens with one attached hydrogen (secondary N) is 1. The van der Waals surface area contributed by atoms with Gasteiger partial charge in [-0.2, -0.15) is 0 Å². The Kier molecular flexibility index (Phi) is 7.79. The van der Waals surface area contributed by atoms with Crippen LogP contribution in [0, 0.1) is 0 Å². The number of aromatic nitrogens is 1. The number of nitrogens with two attached hydrogens (primary N) is 1. The SMILES string of the molecule is CCCCCN.O=C(O)c1ccc[nH]c1=O. The van der Waals surface area contributed by atoms with Crippen molar-refractivity contribution in [2.45, 2.75) is 26.2 Å². The lowest BCUT2D eigenvalue weighted by Gasteiger charge is -1.88. The average molecular weight is 226 g/mol. The van der Waals surface area contributed by atoms with Crippen LogP contribution in [0.5, 0.6) is 0 Å². The van der Waals surface area contributed by atoms with E-state index in [4.69, 9.17) is 10.8 Å². The van der Waals surface area contributed by atoms with E-state index < -0.39 is 11.5 Å². The molecule has 1 heterocycles. The Morgan fingerprint density at radius 2 is 2.19 bits per heavy atom. The number of H-pyrrole nitrogens is 1. The van der Waals surface area contributed by atoms with E-state index in [0.29, 0.717) is 0 Å². The van der Waals surface area contributed by atoms with Gasteiger partial charge in [0.15, 0.2) is 0 Å². The molecule has 1 rings (SSSR count). The van der Waals surface area contributed by atoms with Crippen LogP contribution in [0.3, 0.4) is 0 Å². The summed E-state index contributed by atoms with van der Waals surface area (Å²) in [6.45, 7) is 3.03. The standard InChI is InChI=1S/C6H5NO3.C5H13N/c8-5-4(6(9)10)2-1-3-7-5;1-2-3-4-5-6/h1-3H,(H,7,8)(H,9,10);2-6H2,1H3. The molecule has 0 spiro atoms. The molecule has 1 aromatic rings. The number of aromatic carboxylic acids is 1. The maximum Gasteiger partial charge on any atom is 0.341 e. The highest BCUT2D eigenvalue weighted by Crippen LogP contribution is 1.88. The molecule has 1 aromatic heterocycles. The fourth-order valence-corrected chi connectivity index (χ4v) is 0.984. The molecule has 0 saturated carbocycles. The molecule has 5 heteroatoms. The first-order valence-corrected chi connectivity index (χ1v) is 5.24. The van der Waals surface area contributed by atoms with Crippen molar-refractivity contribution in [1.29, 1.82) is 0 Å². The zero-order valence-corrected chi connectivity index (χ0v) is 9.40. The first-order valence-electron chi connectivity index (χ1n) is 5.24. The minimum Gasteiger partial charge on any atom is -0.477 e. The fourth-order valence-electron chi connectivity index (χ4n) is 0.984. The molecule has 0 bridgehead atoms. The highest BCUT2D eigenvalue weighted by atomic mass is 16.4. The second-order valence-corrected chi connectivity index (χ2v) is 3.21. The molecule has 0 aliphatic carbocycles. The van der Waals surface area contributed by atoms with Crippen molar-refractivity contribution in [2.75, 3.05) is 6.54 Å². The monoisotopic (exact) mass is 226 g/mol. The summed E-state index contributed by atoms with van der Waals surface area (Å²) in [5.41, 5.74) is 4.41. The lowest BCUT2D eigenvalue weighted by atomic mass is 10.3. The number of hydrogen-bond donors (Lipinski definition) is 3. The van der Waals surface area contributed by atoms with Gasteiger partial charge in [-0.05, 0) is 25.1 Å². The van der Waals surface area contributed by atoms with Gasteiger partial charge in [0, 0.05) is 6.20 Å². The van der Waals surface area contributed by atoms with Crippen molar-refractivity contribution in [3.8, 4) is 0 Å². The number of unbranched alkanes of at least 4 members (excludes halogenated alkanes) is 2. The summed E-state index contributed by atoms with van der Waals surface area (Å²) in [6, 6.07) is 2.71. The van der Waals surface area contributed by atoms with Gasteiger partial charge >= 0.3 is 5.97 Å². The largest absolute Gasteiger partial charge is 0.477 e. The van der Waals surface area contributed by atoms with Crippen molar-refractivity contribution in [3.63, 3.8) is 0 Å². The second kappa shape index (κ2) is 8.67. The quantitative estimate of drug-likeness (QED) is 0.672. The van der Waals surface area contributed by atoms with E-state index in [9.17, 15) is 9.59 Å². The van der Waals surface area contributed by atoms with Gasteiger partial charge in [0.25, 0.3) is 5.56 Å². The number of carbonyl (C=O) groups is 1. The summed E-state index contributed by atoms with van der Waals surface area (Å²) in [5, 5.41) is 8.35. The molecular formula is C11H18N2O3. The molecular weight excluding hydrogens is 208 g/mol. The van der Waals surface area contributed by atoms with Crippen LogP contribution >= 0.6 is 0 Å². The molecule has 0 aliphatic rings. The number of carboxylic acids is 1. The average Bonchev–Trinajstić information content (AvgIpc) is 2.27. The normalized spacial score (nSPS) is 9.12. The first kappa shape index (κ1) is 14.4. The van der Waals surface area contributed by atoms with Gasteiger partial charge in [-0.15, -0.1) is 0 Å². The van der Waals surface area contributed by atoms with Gasteiger partial charge in [0.05, 0.1) is 0 Å².